The molecular formula is C18H17NO8. The molecule has 0 bridgehead atoms. The van der Waals surface area contributed by atoms with Crippen LogP contribution < -0.4 is 14.2 Å². The second kappa shape index (κ2) is 6.67. The number of hydrogen-bond acceptors (Lipinski definition) is 9. The third-order valence-electron chi connectivity index (χ3n) is 4.55. The van der Waals surface area contributed by atoms with Gasteiger partial charge >= 0.3 is 0 Å². The summed E-state index contributed by atoms with van der Waals surface area (Å²) in [6.45, 7) is 0.927. The summed E-state index contributed by atoms with van der Waals surface area (Å²) in [6.07, 6.45) is -0.334. The molecule has 2 heterocycles. The van der Waals surface area contributed by atoms with E-state index in [9.17, 15) is 9.59 Å². The summed E-state index contributed by atoms with van der Waals surface area (Å²) in [5.41, 5.74) is 0.516. The lowest BCUT2D eigenvalue weighted by molar-refractivity contribution is -0.0410. The highest BCUT2D eigenvalue weighted by molar-refractivity contribution is 6.30. The van der Waals surface area contributed by atoms with Crippen molar-refractivity contribution in [1.82, 2.24) is 5.16 Å². The van der Waals surface area contributed by atoms with E-state index >= 15 is 0 Å². The van der Waals surface area contributed by atoms with Gasteiger partial charge in [0.15, 0.2) is 17.8 Å². The average Bonchev–Trinajstić information content (AvgIpc) is 3.34. The predicted octanol–water partition coefficient (Wildman–Crippen LogP) is 1.39. The Labute approximate surface area is 154 Å². The first kappa shape index (κ1) is 17.5. The Balaban J connectivity index is 1.87. The van der Waals surface area contributed by atoms with Gasteiger partial charge in [0.2, 0.25) is 17.3 Å². The summed E-state index contributed by atoms with van der Waals surface area (Å²) in [6, 6.07) is 1.50. The Morgan fingerprint density at radius 1 is 0.963 bits per heavy atom. The number of rotatable bonds is 5. The summed E-state index contributed by atoms with van der Waals surface area (Å²) in [5.74, 6) is -0.503. The fraction of sp³-hybridized carbons (Fsp3) is 0.389. The van der Waals surface area contributed by atoms with Gasteiger partial charge in [0.1, 0.15) is 11.4 Å². The third kappa shape index (κ3) is 2.58. The second-order valence-electron chi connectivity index (χ2n) is 5.93. The standard InChI is InChI=1S/C18H17NO8/c1-22-9-7-10(23-2)17(24-3)14-13(9)15(20)12-8(6-11-25-4-5-26-11)19-27-18(12)16(14)21/h7,11H,4-6H2,1-3H3. The summed E-state index contributed by atoms with van der Waals surface area (Å²) >= 11 is 0. The van der Waals surface area contributed by atoms with Gasteiger partial charge in [0.05, 0.1) is 51.2 Å². The fourth-order valence-corrected chi connectivity index (χ4v) is 3.35. The first-order chi connectivity index (χ1) is 13.1. The zero-order valence-electron chi connectivity index (χ0n) is 15.0. The van der Waals surface area contributed by atoms with Crippen molar-refractivity contribution in [1.29, 1.82) is 0 Å². The summed E-state index contributed by atoms with van der Waals surface area (Å²) in [5, 5.41) is 3.91. The zero-order valence-corrected chi connectivity index (χ0v) is 15.0. The number of ketones is 2. The minimum absolute atomic E-state index is 0.0299. The van der Waals surface area contributed by atoms with Crippen LogP contribution in [0.5, 0.6) is 17.2 Å². The molecule has 2 aliphatic rings. The third-order valence-corrected chi connectivity index (χ3v) is 4.55. The first-order valence-corrected chi connectivity index (χ1v) is 8.24. The number of fused-ring (bicyclic) bond motifs is 2. The van der Waals surface area contributed by atoms with Crippen LogP contribution in [0.15, 0.2) is 10.6 Å². The van der Waals surface area contributed by atoms with Gasteiger partial charge in [0, 0.05) is 12.5 Å². The highest BCUT2D eigenvalue weighted by Gasteiger charge is 2.42. The van der Waals surface area contributed by atoms with Crippen molar-refractivity contribution in [2.45, 2.75) is 12.7 Å². The molecule has 2 aromatic rings. The molecule has 0 spiro atoms. The van der Waals surface area contributed by atoms with Crippen molar-refractivity contribution in [3.05, 3.63) is 34.2 Å². The Kier molecular flexibility index (Phi) is 4.33. The van der Waals surface area contributed by atoms with Gasteiger partial charge in [-0.1, -0.05) is 5.16 Å². The number of nitrogens with zero attached hydrogens (tertiary/aromatic N) is 1. The van der Waals surface area contributed by atoms with Crippen LogP contribution in [0.3, 0.4) is 0 Å². The molecule has 0 amide bonds. The van der Waals surface area contributed by atoms with Gasteiger partial charge in [-0.25, -0.2) is 0 Å². The molecule has 0 radical (unpaired) electrons. The number of ether oxygens (including phenoxy) is 5. The maximum absolute atomic E-state index is 13.2. The van der Waals surface area contributed by atoms with Gasteiger partial charge in [0.25, 0.3) is 0 Å². The number of carbonyl (C=O) groups excluding carboxylic acids is 2. The summed E-state index contributed by atoms with van der Waals surface area (Å²) in [7, 11) is 4.22. The normalized spacial score (nSPS) is 16.3. The van der Waals surface area contributed by atoms with Gasteiger partial charge in [-0.05, 0) is 0 Å². The smallest absolute Gasteiger partial charge is 0.236 e. The monoisotopic (exact) mass is 375 g/mol. The molecule has 1 aliphatic carbocycles. The lowest BCUT2D eigenvalue weighted by atomic mass is 9.85. The van der Waals surface area contributed by atoms with E-state index < -0.39 is 17.9 Å². The molecule has 1 aromatic heterocycles. The van der Waals surface area contributed by atoms with E-state index in [0.717, 1.165) is 0 Å². The maximum Gasteiger partial charge on any atom is 0.236 e. The molecule has 1 fully saturated rings. The predicted molar refractivity (Wildman–Crippen MR) is 88.9 cm³/mol. The van der Waals surface area contributed by atoms with Gasteiger partial charge in [-0.15, -0.1) is 0 Å². The van der Waals surface area contributed by atoms with E-state index in [1.807, 2.05) is 0 Å². The molecule has 9 heteroatoms. The van der Waals surface area contributed by atoms with Crippen LogP contribution in [0.1, 0.15) is 37.7 Å². The van der Waals surface area contributed by atoms with Crippen molar-refractivity contribution < 1.29 is 37.8 Å². The maximum atomic E-state index is 13.2. The Hall–Kier alpha value is -2.91. The molecule has 27 heavy (non-hydrogen) atoms. The quantitative estimate of drug-likeness (QED) is 0.654. The molecule has 142 valence electrons. The van der Waals surface area contributed by atoms with Crippen molar-refractivity contribution in [2.24, 2.45) is 0 Å². The Morgan fingerprint density at radius 3 is 2.30 bits per heavy atom. The van der Waals surface area contributed by atoms with Crippen molar-refractivity contribution in [3.63, 3.8) is 0 Å². The minimum Gasteiger partial charge on any atom is -0.496 e. The average molecular weight is 375 g/mol. The molecule has 9 nitrogen and oxygen atoms in total. The van der Waals surface area contributed by atoms with E-state index in [4.69, 9.17) is 28.2 Å². The molecule has 1 saturated heterocycles. The van der Waals surface area contributed by atoms with Crippen molar-refractivity contribution >= 4 is 11.6 Å². The molecule has 0 atom stereocenters. The first-order valence-electron chi connectivity index (χ1n) is 8.24. The van der Waals surface area contributed by atoms with Crippen LogP contribution in [0.4, 0.5) is 0 Å². The Morgan fingerprint density at radius 2 is 1.67 bits per heavy atom. The molecule has 1 aliphatic heterocycles. The highest BCUT2D eigenvalue weighted by atomic mass is 16.7. The molecule has 0 unspecified atom stereocenters. The largest absolute Gasteiger partial charge is 0.496 e. The second-order valence-corrected chi connectivity index (χ2v) is 5.93. The molecule has 4 rings (SSSR count). The van der Waals surface area contributed by atoms with E-state index in [-0.39, 0.29) is 46.1 Å². The van der Waals surface area contributed by atoms with E-state index in [0.29, 0.717) is 18.9 Å². The molecule has 1 aromatic carbocycles. The highest BCUT2D eigenvalue weighted by Crippen LogP contribution is 2.45. The number of methoxy groups -OCH3 is 3. The number of carbonyl (C=O) groups is 2. The van der Waals surface area contributed by atoms with Crippen LogP contribution >= 0.6 is 0 Å². The fourth-order valence-electron chi connectivity index (χ4n) is 3.35. The lowest BCUT2D eigenvalue weighted by Gasteiger charge is -2.21. The van der Waals surface area contributed by atoms with Crippen LogP contribution in [0.25, 0.3) is 0 Å². The number of aromatic nitrogens is 1. The molecule has 0 saturated carbocycles. The van der Waals surface area contributed by atoms with E-state index in [1.165, 1.54) is 27.4 Å². The van der Waals surface area contributed by atoms with Crippen LogP contribution in [0.2, 0.25) is 0 Å². The van der Waals surface area contributed by atoms with Gasteiger partial charge in [-0.3, -0.25) is 9.59 Å². The van der Waals surface area contributed by atoms with Crippen LogP contribution in [0, 0.1) is 0 Å². The van der Waals surface area contributed by atoms with Gasteiger partial charge < -0.3 is 28.2 Å². The zero-order chi connectivity index (χ0) is 19.1. The van der Waals surface area contributed by atoms with Crippen LogP contribution in [-0.4, -0.2) is 57.6 Å². The SMILES string of the molecule is COc1cc(OC)c2c(c1OC)C(=O)c1onc(CC3OCCO3)c1C2=O. The number of hydrogen-bond donors (Lipinski definition) is 0. The number of benzene rings is 1. The van der Waals surface area contributed by atoms with Crippen molar-refractivity contribution in [3.8, 4) is 17.2 Å². The van der Waals surface area contributed by atoms with E-state index in [1.54, 1.807) is 0 Å². The van der Waals surface area contributed by atoms with Gasteiger partial charge in [-0.2, -0.15) is 0 Å². The lowest BCUT2D eigenvalue weighted by Crippen LogP contribution is -2.23. The molecule has 0 N–H and O–H groups in total. The van der Waals surface area contributed by atoms with E-state index in [2.05, 4.69) is 5.16 Å². The summed E-state index contributed by atoms with van der Waals surface area (Å²) in [4.78, 5) is 26.3. The minimum atomic E-state index is -0.532. The van der Waals surface area contributed by atoms with Crippen LogP contribution in [-0.2, 0) is 15.9 Å². The molecular weight excluding hydrogens is 358 g/mol. The topological polar surface area (TPSA) is 106 Å². The summed E-state index contributed by atoms with van der Waals surface area (Å²) < 4.78 is 31.9. The Bertz CT molecular complexity index is 926. The van der Waals surface area contributed by atoms with Crippen molar-refractivity contribution in [2.75, 3.05) is 34.5 Å².